The molecule has 0 aromatic heterocycles. The largest absolute Gasteiger partial charge is 0.448 e. The van der Waals surface area contributed by atoms with E-state index in [1.54, 1.807) is 43.3 Å². The van der Waals surface area contributed by atoms with Gasteiger partial charge in [0.15, 0.2) is 0 Å². The van der Waals surface area contributed by atoms with Gasteiger partial charge in [-0.15, -0.1) is 6.58 Å². The first kappa shape index (κ1) is 22.4. The first-order valence-corrected chi connectivity index (χ1v) is 10.8. The second-order valence-electron chi connectivity index (χ2n) is 5.84. The Hall–Kier alpha value is -2.84. The molecule has 1 amide bonds. The quantitative estimate of drug-likeness (QED) is 0.269. The van der Waals surface area contributed by atoms with Crippen molar-refractivity contribution in [2.75, 3.05) is 19.4 Å². The molecule has 0 heterocycles. The van der Waals surface area contributed by atoms with E-state index in [2.05, 4.69) is 11.7 Å². The number of hydrogen-bond acceptors (Lipinski definition) is 6. The molecule has 0 aliphatic heterocycles. The normalized spacial score (nSPS) is 11.6. The highest BCUT2D eigenvalue weighted by Gasteiger charge is 2.16. The van der Waals surface area contributed by atoms with Crippen LogP contribution < -0.4 is 4.18 Å². The van der Waals surface area contributed by atoms with Gasteiger partial charge in [-0.25, -0.2) is 4.79 Å². The molecule has 7 nitrogen and oxygen atoms in total. The van der Waals surface area contributed by atoms with Gasteiger partial charge < -0.3 is 8.92 Å². The average Bonchev–Trinajstić information content (AvgIpc) is 2.66. The summed E-state index contributed by atoms with van der Waals surface area (Å²) in [5.41, 5.74) is 1.79. The molecule has 154 valence electrons. The summed E-state index contributed by atoms with van der Waals surface area (Å²) >= 11 is 5.98. The Labute approximate surface area is 175 Å². The number of benzene rings is 2. The molecule has 0 aliphatic rings. The van der Waals surface area contributed by atoms with E-state index in [0.29, 0.717) is 21.9 Å². The lowest BCUT2D eigenvalue weighted by Crippen LogP contribution is -2.28. The van der Waals surface area contributed by atoms with Crippen LogP contribution in [0.2, 0.25) is 5.02 Å². The predicted octanol–water partition coefficient (Wildman–Crippen LogP) is 4.08. The fraction of sp³-hybridized carbons (Fsp3) is 0.200. The number of rotatable bonds is 8. The summed E-state index contributed by atoms with van der Waals surface area (Å²) in [5.74, 6) is 0.167. The van der Waals surface area contributed by atoms with Crippen molar-refractivity contribution in [1.29, 1.82) is 0 Å². The molecule has 9 heteroatoms. The van der Waals surface area contributed by atoms with Gasteiger partial charge >= 0.3 is 16.2 Å². The van der Waals surface area contributed by atoms with Crippen LogP contribution in [-0.2, 0) is 14.9 Å². The van der Waals surface area contributed by atoms with Crippen molar-refractivity contribution in [1.82, 2.24) is 5.01 Å². The molecule has 0 unspecified atom stereocenters. The number of amides is 1. The van der Waals surface area contributed by atoms with Crippen LogP contribution in [0.25, 0.3) is 0 Å². The monoisotopic (exact) mass is 436 g/mol. The van der Waals surface area contributed by atoms with Crippen LogP contribution in [-0.4, -0.2) is 44.6 Å². The first-order valence-electron chi connectivity index (χ1n) is 8.63. The van der Waals surface area contributed by atoms with Crippen molar-refractivity contribution in [3.05, 3.63) is 77.3 Å². The molecule has 29 heavy (non-hydrogen) atoms. The minimum Gasteiger partial charge on any atom is -0.448 e. The Morgan fingerprint density at radius 3 is 2.17 bits per heavy atom. The van der Waals surface area contributed by atoms with Gasteiger partial charge in [-0.1, -0.05) is 29.8 Å². The molecule has 2 aromatic rings. The molecule has 0 spiro atoms. The Balaban J connectivity index is 2.50. The molecule has 2 aromatic carbocycles. The maximum Gasteiger partial charge on any atom is 0.430 e. The van der Waals surface area contributed by atoms with Crippen LogP contribution in [0.4, 0.5) is 4.79 Å². The van der Waals surface area contributed by atoms with E-state index < -0.39 is 16.2 Å². The molecule has 0 saturated heterocycles. The van der Waals surface area contributed by atoms with Gasteiger partial charge in [0.25, 0.3) is 0 Å². The maximum atomic E-state index is 12.2. The Morgan fingerprint density at radius 2 is 1.69 bits per heavy atom. The smallest absolute Gasteiger partial charge is 0.430 e. The van der Waals surface area contributed by atoms with Crippen LogP contribution in [0.15, 0.2) is 66.3 Å². The third-order valence-electron chi connectivity index (χ3n) is 3.49. The molecule has 0 atom stereocenters. The van der Waals surface area contributed by atoms with Crippen molar-refractivity contribution in [2.24, 2.45) is 5.10 Å². The number of carbonyl (C=O) groups is 1. The number of halogens is 1. The summed E-state index contributed by atoms with van der Waals surface area (Å²) in [4.78, 5) is 12.2. The third-order valence-corrected chi connectivity index (χ3v) is 4.24. The fourth-order valence-corrected chi connectivity index (χ4v) is 2.92. The third kappa shape index (κ3) is 6.92. The Bertz CT molecular complexity index is 987. The Kier molecular flexibility index (Phi) is 7.81. The molecule has 0 fully saturated rings. The van der Waals surface area contributed by atoms with Gasteiger partial charge in [-0.2, -0.15) is 18.5 Å². The van der Waals surface area contributed by atoms with Crippen LogP contribution in [0.5, 0.6) is 5.75 Å². The van der Waals surface area contributed by atoms with Gasteiger partial charge in [0, 0.05) is 16.1 Å². The van der Waals surface area contributed by atoms with Crippen molar-refractivity contribution in [3.8, 4) is 5.75 Å². The summed E-state index contributed by atoms with van der Waals surface area (Å²) in [6.07, 6.45) is 1.88. The average molecular weight is 437 g/mol. The zero-order valence-corrected chi connectivity index (χ0v) is 17.6. The molecule has 0 saturated carbocycles. The van der Waals surface area contributed by atoms with Gasteiger partial charge in [0.1, 0.15) is 5.75 Å². The van der Waals surface area contributed by atoms with E-state index in [1.165, 1.54) is 18.2 Å². The summed E-state index contributed by atoms with van der Waals surface area (Å²) in [6, 6.07) is 13.2. The van der Waals surface area contributed by atoms with Crippen LogP contribution in [0, 0.1) is 0 Å². The molecular weight excluding hydrogens is 416 g/mol. The zero-order valence-electron chi connectivity index (χ0n) is 16.0. The highest BCUT2D eigenvalue weighted by molar-refractivity contribution is 7.86. The van der Waals surface area contributed by atoms with Crippen molar-refractivity contribution in [3.63, 3.8) is 0 Å². The number of hydrogen-bond donors (Lipinski definition) is 0. The molecule has 0 radical (unpaired) electrons. The van der Waals surface area contributed by atoms with Gasteiger partial charge in [-0.3, -0.25) is 0 Å². The van der Waals surface area contributed by atoms with Crippen molar-refractivity contribution >= 4 is 33.5 Å². The predicted molar refractivity (Wildman–Crippen MR) is 113 cm³/mol. The van der Waals surface area contributed by atoms with Gasteiger partial charge in [0.05, 0.1) is 25.1 Å². The van der Waals surface area contributed by atoms with E-state index in [1.807, 2.05) is 0 Å². The van der Waals surface area contributed by atoms with E-state index >= 15 is 0 Å². The Morgan fingerprint density at radius 1 is 1.14 bits per heavy atom. The number of ether oxygens (including phenoxy) is 1. The first-order chi connectivity index (χ1) is 13.7. The minimum absolute atomic E-state index is 0.144. The minimum atomic E-state index is -3.64. The second kappa shape index (κ2) is 10.1. The highest BCUT2D eigenvalue weighted by Crippen LogP contribution is 2.19. The number of carbonyl (C=O) groups excluding carboxylic acids is 1. The maximum absolute atomic E-state index is 12.2. The molecule has 2 rings (SSSR count). The van der Waals surface area contributed by atoms with Crippen molar-refractivity contribution in [2.45, 2.75) is 6.92 Å². The lowest BCUT2D eigenvalue weighted by molar-refractivity contribution is 0.113. The van der Waals surface area contributed by atoms with Crippen LogP contribution >= 0.6 is 11.6 Å². The number of nitrogens with zero attached hydrogens (tertiary/aromatic N) is 2. The summed E-state index contributed by atoms with van der Waals surface area (Å²) in [5, 5.41) is 6.17. The van der Waals surface area contributed by atoms with E-state index in [0.717, 1.165) is 11.3 Å². The zero-order chi connectivity index (χ0) is 21.4. The number of hydrazone groups is 1. The fourth-order valence-electron chi connectivity index (χ4n) is 2.33. The van der Waals surface area contributed by atoms with E-state index in [-0.39, 0.29) is 18.9 Å². The van der Waals surface area contributed by atoms with Crippen LogP contribution in [0.1, 0.15) is 18.1 Å². The second-order valence-corrected chi connectivity index (χ2v) is 7.85. The van der Waals surface area contributed by atoms with Crippen LogP contribution in [0.3, 0.4) is 0 Å². The molecule has 0 bridgehead atoms. The topological polar surface area (TPSA) is 85.3 Å². The molecule has 0 aliphatic carbocycles. The molecule has 0 N–H and O–H groups in total. The van der Waals surface area contributed by atoms with Crippen molar-refractivity contribution < 1.29 is 22.1 Å². The van der Waals surface area contributed by atoms with E-state index in [4.69, 9.17) is 20.5 Å². The lowest BCUT2D eigenvalue weighted by Gasteiger charge is -2.17. The summed E-state index contributed by atoms with van der Waals surface area (Å²) < 4.78 is 32.5. The SMILES string of the molecule is C=CCN(/N=C(/c1ccc(Cl)cc1)c1ccc(OS(C)(=O)=O)cc1)C(=O)OCC. The molecular formula is C20H21ClN2O5S. The highest BCUT2D eigenvalue weighted by atomic mass is 35.5. The van der Waals surface area contributed by atoms with Gasteiger partial charge in [-0.05, 0) is 43.3 Å². The van der Waals surface area contributed by atoms with Gasteiger partial charge in [0.2, 0.25) is 0 Å². The standard InChI is InChI=1S/C20H21ClN2O5S/c1-4-14-23(20(24)27-5-2)22-19(15-6-10-17(21)11-7-15)16-8-12-18(13-9-16)28-29(3,25)26/h4,6-13H,1,5,14H2,2-3H3/b22-19-. The summed E-state index contributed by atoms with van der Waals surface area (Å²) in [7, 11) is -3.64. The van der Waals surface area contributed by atoms with E-state index in [9.17, 15) is 13.2 Å². The summed E-state index contributed by atoms with van der Waals surface area (Å²) in [6.45, 7) is 5.69. The lowest BCUT2D eigenvalue weighted by atomic mass is 10.0.